The molecule has 3 rings (SSSR count). The zero-order valence-corrected chi connectivity index (χ0v) is 15.9. The second-order valence-corrected chi connectivity index (χ2v) is 9.16. The van der Waals surface area contributed by atoms with Crippen molar-refractivity contribution in [3.05, 3.63) is 0 Å². The van der Waals surface area contributed by atoms with Crippen molar-refractivity contribution in [1.82, 2.24) is 0 Å². The van der Waals surface area contributed by atoms with Crippen LogP contribution in [0, 0.1) is 10.8 Å². The first-order chi connectivity index (χ1) is 11.6. The largest absolute Gasteiger partial charge is 0.385 e. The zero-order chi connectivity index (χ0) is 18.3. The Morgan fingerprint density at radius 2 is 1.48 bits per heavy atom. The maximum absolute atomic E-state index is 12.7. The van der Waals surface area contributed by atoms with Crippen LogP contribution >= 0.6 is 0 Å². The zero-order valence-electron chi connectivity index (χ0n) is 15.9. The number of ketones is 1. The molecule has 0 bridgehead atoms. The van der Waals surface area contributed by atoms with Gasteiger partial charge in [0, 0.05) is 31.1 Å². The van der Waals surface area contributed by atoms with E-state index in [4.69, 9.17) is 18.9 Å². The smallest absolute Gasteiger partial charge is 0.169 e. The average Bonchev–Trinajstić information content (AvgIpc) is 3.13. The molecule has 0 radical (unpaired) electrons. The molecule has 6 heteroatoms. The molecule has 2 unspecified atom stereocenters. The lowest BCUT2D eigenvalue weighted by molar-refractivity contribution is -0.220. The molecule has 0 aromatic rings. The fraction of sp³-hybridized carbons (Fsp3) is 0.947. The van der Waals surface area contributed by atoms with E-state index in [0.717, 1.165) is 0 Å². The first-order valence-electron chi connectivity index (χ1n) is 9.34. The lowest BCUT2D eigenvalue weighted by atomic mass is 9.65. The van der Waals surface area contributed by atoms with Crippen LogP contribution in [0.1, 0.15) is 59.8 Å². The predicted octanol–water partition coefficient (Wildman–Crippen LogP) is 2.42. The van der Waals surface area contributed by atoms with E-state index in [-0.39, 0.29) is 11.2 Å². The van der Waals surface area contributed by atoms with Crippen molar-refractivity contribution in [2.45, 2.75) is 77.5 Å². The topological polar surface area (TPSA) is 74.2 Å². The number of aliphatic hydroxyl groups is 1. The highest BCUT2D eigenvalue weighted by Crippen LogP contribution is 2.49. The number of ether oxygens (including phenoxy) is 4. The average molecular weight is 356 g/mol. The minimum atomic E-state index is -1.04. The molecule has 0 amide bonds. The Morgan fingerprint density at radius 3 is 2.08 bits per heavy atom. The molecule has 1 N–H and O–H groups in total. The van der Waals surface area contributed by atoms with E-state index in [1.807, 2.05) is 27.7 Å². The third-order valence-electron chi connectivity index (χ3n) is 5.90. The molecule has 2 heterocycles. The third kappa shape index (κ3) is 4.08. The van der Waals surface area contributed by atoms with Gasteiger partial charge in [0.15, 0.2) is 17.4 Å². The quantitative estimate of drug-likeness (QED) is 0.837. The molecular weight excluding hydrogens is 324 g/mol. The van der Waals surface area contributed by atoms with E-state index in [9.17, 15) is 9.90 Å². The first kappa shape index (κ1) is 19.2. The van der Waals surface area contributed by atoms with Gasteiger partial charge in [-0.2, -0.15) is 0 Å². The normalized spacial score (nSPS) is 37.2. The van der Waals surface area contributed by atoms with Crippen LogP contribution in [0.15, 0.2) is 0 Å². The summed E-state index contributed by atoms with van der Waals surface area (Å²) in [4.78, 5) is 12.7. The molecule has 3 fully saturated rings. The molecule has 6 nitrogen and oxygen atoms in total. The van der Waals surface area contributed by atoms with E-state index in [1.54, 1.807) is 0 Å². The molecule has 2 aliphatic heterocycles. The van der Waals surface area contributed by atoms with E-state index < -0.39 is 23.1 Å². The fourth-order valence-corrected chi connectivity index (χ4v) is 4.66. The maximum atomic E-state index is 12.7. The van der Waals surface area contributed by atoms with Gasteiger partial charge in [0.05, 0.1) is 26.4 Å². The van der Waals surface area contributed by atoms with Crippen LogP contribution in [0.5, 0.6) is 0 Å². The van der Waals surface area contributed by atoms with Crippen LogP contribution in [0.4, 0.5) is 0 Å². The van der Waals surface area contributed by atoms with Crippen LogP contribution in [0.25, 0.3) is 0 Å². The molecule has 1 saturated carbocycles. The Hall–Kier alpha value is -0.530. The van der Waals surface area contributed by atoms with Crippen LogP contribution in [-0.2, 0) is 23.7 Å². The SMILES string of the molecule is CC1(C)CC(=O)C(O)C(C)(CCC2(C)OCCO2)CC2(C1)OCCO2. The van der Waals surface area contributed by atoms with Crippen molar-refractivity contribution in [3.8, 4) is 0 Å². The Bertz CT molecular complexity index is 504. The minimum absolute atomic E-state index is 0.0984. The number of aliphatic hydroxyl groups excluding tert-OH is 1. The number of rotatable bonds is 3. The second kappa shape index (κ2) is 6.57. The Kier molecular flexibility index (Phi) is 5.06. The molecule has 3 aliphatic rings. The lowest BCUT2D eigenvalue weighted by Gasteiger charge is -2.46. The first-order valence-corrected chi connectivity index (χ1v) is 9.34. The molecule has 2 atom stereocenters. The third-order valence-corrected chi connectivity index (χ3v) is 5.90. The number of Topliss-reactive ketones (excluding diaryl/α,β-unsaturated/α-hetero) is 1. The summed E-state index contributed by atoms with van der Waals surface area (Å²) in [5, 5.41) is 10.9. The number of carbonyl (C=O) groups is 1. The van der Waals surface area contributed by atoms with Crippen LogP contribution in [0.3, 0.4) is 0 Å². The van der Waals surface area contributed by atoms with Crippen molar-refractivity contribution in [2.24, 2.45) is 10.8 Å². The summed E-state index contributed by atoms with van der Waals surface area (Å²) >= 11 is 0. The van der Waals surface area contributed by atoms with Gasteiger partial charge in [-0.1, -0.05) is 20.8 Å². The second-order valence-electron chi connectivity index (χ2n) is 9.16. The predicted molar refractivity (Wildman–Crippen MR) is 90.9 cm³/mol. The molecule has 144 valence electrons. The van der Waals surface area contributed by atoms with Crippen LogP contribution in [0.2, 0.25) is 0 Å². The molecule has 25 heavy (non-hydrogen) atoms. The number of hydrogen-bond acceptors (Lipinski definition) is 6. The van der Waals surface area contributed by atoms with Gasteiger partial charge < -0.3 is 24.1 Å². The monoisotopic (exact) mass is 356 g/mol. The summed E-state index contributed by atoms with van der Waals surface area (Å²) in [6.07, 6.45) is 1.65. The van der Waals surface area contributed by atoms with Gasteiger partial charge in [0.2, 0.25) is 0 Å². The summed E-state index contributed by atoms with van der Waals surface area (Å²) in [7, 11) is 0. The summed E-state index contributed by atoms with van der Waals surface area (Å²) in [5.74, 6) is -1.46. The Balaban J connectivity index is 1.83. The summed E-state index contributed by atoms with van der Waals surface area (Å²) in [6, 6.07) is 0. The van der Waals surface area contributed by atoms with E-state index >= 15 is 0 Å². The van der Waals surface area contributed by atoms with Gasteiger partial charge in [-0.05, 0) is 18.8 Å². The molecule has 1 spiro atoms. The van der Waals surface area contributed by atoms with Gasteiger partial charge in [0.1, 0.15) is 6.10 Å². The van der Waals surface area contributed by atoms with Crippen LogP contribution in [-0.4, -0.2) is 55.0 Å². The highest BCUT2D eigenvalue weighted by Gasteiger charge is 2.53. The van der Waals surface area contributed by atoms with E-state index in [2.05, 4.69) is 0 Å². The summed E-state index contributed by atoms with van der Waals surface area (Å²) in [6.45, 7) is 10.2. The highest BCUT2D eigenvalue weighted by atomic mass is 16.7. The molecule has 2 saturated heterocycles. The van der Waals surface area contributed by atoms with E-state index in [0.29, 0.717) is 58.5 Å². The van der Waals surface area contributed by atoms with Gasteiger partial charge in [0.25, 0.3) is 0 Å². The molecule has 0 aromatic heterocycles. The Labute approximate surface area is 150 Å². The number of carbonyl (C=O) groups excluding carboxylic acids is 1. The van der Waals surface area contributed by atoms with Crippen molar-refractivity contribution in [3.63, 3.8) is 0 Å². The van der Waals surface area contributed by atoms with Crippen molar-refractivity contribution in [2.75, 3.05) is 26.4 Å². The Morgan fingerprint density at radius 1 is 0.920 bits per heavy atom. The maximum Gasteiger partial charge on any atom is 0.169 e. The van der Waals surface area contributed by atoms with Crippen molar-refractivity contribution < 1.29 is 28.8 Å². The summed E-state index contributed by atoms with van der Waals surface area (Å²) < 4.78 is 23.4. The molecule has 0 aromatic carbocycles. The van der Waals surface area contributed by atoms with Crippen LogP contribution < -0.4 is 0 Å². The van der Waals surface area contributed by atoms with Gasteiger partial charge in [-0.3, -0.25) is 4.79 Å². The van der Waals surface area contributed by atoms with Gasteiger partial charge >= 0.3 is 0 Å². The van der Waals surface area contributed by atoms with Gasteiger partial charge in [-0.15, -0.1) is 0 Å². The highest BCUT2D eigenvalue weighted by molar-refractivity contribution is 5.84. The van der Waals surface area contributed by atoms with Gasteiger partial charge in [-0.25, -0.2) is 0 Å². The molecular formula is C19H32O6. The van der Waals surface area contributed by atoms with E-state index in [1.165, 1.54) is 0 Å². The molecule has 1 aliphatic carbocycles. The number of hydrogen-bond donors (Lipinski definition) is 1. The van der Waals surface area contributed by atoms with Crippen molar-refractivity contribution in [1.29, 1.82) is 0 Å². The summed E-state index contributed by atoms with van der Waals surface area (Å²) in [5.41, 5.74) is -0.913. The fourth-order valence-electron chi connectivity index (χ4n) is 4.66. The lowest BCUT2D eigenvalue weighted by Crippen LogP contribution is -2.51. The minimum Gasteiger partial charge on any atom is -0.385 e. The standard InChI is InChI=1S/C19H32O6/c1-16(2)11-14(20)15(21)17(3,5-6-18(4)22-7-8-23-18)13-19(12-16)24-9-10-25-19/h15,21H,5-13H2,1-4H3. The van der Waals surface area contributed by atoms with Crippen molar-refractivity contribution >= 4 is 5.78 Å².